The van der Waals surface area contributed by atoms with Crippen molar-refractivity contribution >= 4 is 23.2 Å². The summed E-state index contributed by atoms with van der Waals surface area (Å²) >= 11 is 6.22. The van der Waals surface area contributed by atoms with E-state index in [1.807, 2.05) is 6.92 Å². The largest absolute Gasteiger partial charge is 0.494 e. The summed E-state index contributed by atoms with van der Waals surface area (Å²) in [6.45, 7) is 3.39. The van der Waals surface area contributed by atoms with E-state index in [9.17, 15) is 13.6 Å². The van der Waals surface area contributed by atoms with Gasteiger partial charge in [-0.05, 0) is 24.1 Å². The van der Waals surface area contributed by atoms with E-state index in [-0.39, 0.29) is 44.5 Å². The third kappa shape index (κ3) is 4.98. The molecule has 1 radical (unpaired) electrons. The maximum Gasteiger partial charge on any atom is 0.256 e. The SMILES string of the molecule is CCOc1ccc(C2=[C-]CC(C)C(=O)N2CC(F)F)c(Cl)c1.[Y]. The molecule has 0 bridgehead atoms. The molecule has 0 aliphatic carbocycles. The molecule has 123 valence electrons. The molecular weight excluding hydrogens is 401 g/mol. The fourth-order valence-corrected chi connectivity index (χ4v) is 2.57. The van der Waals surface area contributed by atoms with Crippen molar-refractivity contribution in [1.82, 2.24) is 4.90 Å². The molecule has 1 heterocycles. The van der Waals surface area contributed by atoms with Crippen molar-refractivity contribution in [2.24, 2.45) is 5.92 Å². The van der Waals surface area contributed by atoms with Gasteiger partial charge in [0.05, 0.1) is 13.2 Å². The second kappa shape index (κ2) is 9.09. The van der Waals surface area contributed by atoms with Crippen LogP contribution in [0.1, 0.15) is 25.8 Å². The number of benzene rings is 1. The molecule has 1 atom stereocenters. The number of amides is 1. The summed E-state index contributed by atoms with van der Waals surface area (Å²) in [5.74, 6) is -0.101. The Kier molecular flexibility index (Phi) is 8.12. The van der Waals surface area contributed by atoms with Gasteiger partial charge >= 0.3 is 0 Å². The first-order valence-corrected chi connectivity index (χ1v) is 7.44. The van der Waals surface area contributed by atoms with Crippen molar-refractivity contribution in [3.05, 3.63) is 34.9 Å². The van der Waals surface area contributed by atoms with Crippen LogP contribution in [0.5, 0.6) is 5.75 Å². The smallest absolute Gasteiger partial charge is 0.256 e. The average molecular weight is 418 g/mol. The minimum atomic E-state index is -2.62. The van der Waals surface area contributed by atoms with Gasteiger partial charge in [-0.1, -0.05) is 13.3 Å². The molecule has 0 saturated heterocycles. The number of carbonyl (C=O) groups is 1. The molecular formula is C16H17ClF2NO2Y-. The standard InChI is InChI=1S/C16H17ClF2NO2.Y/c1-3-22-11-5-6-12(13(17)8-11)14-7-4-10(2)16(21)20(14)9-15(18)19;/h5-6,8,10,15H,3-4,9H2,1-2H3;/q-1;. The number of ether oxygens (including phenoxy) is 1. The fraction of sp³-hybridized carbons (Fsp3) is 0.438. The molecule has 3 nitrogen and oxygen atoms in total. The van der Waals surface area contributed by atoms with E-state index in [1.165, 1.54) is 0 Å². The van der Waals surface area contributed by atoms with E-state index in [1.54, 1.807) is 25.1 Å². The van der Waals surface area contributed by atoms with Gasteiger partial charge in [-0.2, -0.15) is 0 Å². The zero-order valence-electron chi connectivity index (χ0n) is 13.0. The Bertz CT molecular complexity index is 595. The van der Waals surface area contributed by atoms with Crippen LogP contribution in [0.2, 0.25) is 5.02 Å². The van der Waals surface area contributed by atoms with Crippen LogP contribution in [0, 0.1) is 12.0 Å². The summed E-state index contributed by atoms with van der Waals surface area (Å²) in [5.41, 5.74) is 0.822. The van der Waals surface area contributed by atoms with E-state index in [0.717, 1.165) is 4.90 Å². The van der Waals surface area contributed by atoms with Gasteiger partial charge in [-0.25, -0.2) is 14.9 Å². The molecule has 0 spiro atoms. The number of halogens is 3. The van der Waals surface area contributed by atoms with E-state index >= 15 is 0 Å². The molecule has 1 aliphatic heterocycles. The third-order valence-electron chi connectivity index (χ3n) is 3.36. The summed E-state index contributed by atoms with van der Waals surface area (Å²) in [7, 11) is 0. The second-order valence-electron chi connectivity index (χ2n) is 5.05. The Labute approximate surface area is 164 Å². The molecule has 0 fully saturated rings. The Morgan fingerprint density at radius 1 is 1.48 bits per heavy atom. The van der Waals surface area contributed by atoms with Crippen LogP contribution in [0.3, 0.4) is 0 Å². The summed E-state index contributed by atoms with van der Waals surface area (Å²) in [6, 6.07) is 4.97. The molecule has 1 unspecified atom stereocenters. The van der Waals surface area contributed by atoms with Gasteiger partial charge in [0, 0.05) is 38.6 Å². The van der Waals surface area contributed by atoms with E-state index < -0.39 is 13.0 Å². The Hall–Kier alpha value is -0.516. The summed E-state index contributed by atoms with van der Waals surface area (Å²) in [6.07, 6.45) is 0.795. The fourth-order valence-electron chi connectivity index (χ4n) is 2.31. The number of allylic oxidation sites excluding steroid dienone is 1. The van der Waals surface area contributed by atoms with Crippen LogP contribution in [0.25, 0.3) is 5.70 Å². The molecule has 1 aliphatic rings. The van der Waals surface area contributed by atoms with Crippen molar-refractivity contribution in [3.63, 3.8) is 0 Å². The number of alkyl halides is 2. The summed E-state index contributed by atoms with van der Waals surface area (Å²) in [5, 5.41) is 0.343. The predicted molar refractivity (Wildman–Crippen MR) is 80.8 cm³/mol. The van der Waals surface area contributed by atoms with Gasteiger partial charge in [0.25, 0.3) is 6.43 Å². The number of hydrogen-bond acceptors (Lipinski definition) is 2. The van der Waals surface area contributed by atoms with Crippen molar-refractivity contribution in [3.8, 4) is 5.75 Å². The van der Waals surface area contributed by atoms with Crippen LogP contribution in [0.4, 0.5) is 8.78 Å². The molecule has 1 aromatic carbocycles. The van der Waals surface area contributed by atoms with Gasteiger partial charge in [0.1, 0.15) is 5.75 Å². The van der Waals surface area contributed by atoms with E-state index in [2.05, 4.69) is 6.08 Å². The number of hydrogen-bond donors (Lipinski definition) is 0. The molecule has 1 amide bonds. The molecule has 0 aromatic heterocycles. The zero-order chi connectivity index (χ0) is 16.3. The van der Waals surface area contributed by atoms with Gasteiger partial charge in [-0.3, -0.25) is 4.79 Å². The first kappa shape index (κ1) is 20.5. The topological polar surface area (TPSA) is 29.5 Å². The van der Waals surface area contributed by atoms with Crippen LogP contribution in [-0.4, -0.2) is 30.4 Å². The quantitative estimate of drug-likeness (QED) is 0.678. The normalized spacial score (nSPS) is 17.8. The minimum Gasteiger partial charge on any atom is -0.494 e. The maximum atomic E-state index is 12.8. The average Bonchev–Trinajstić information content (AvgIpc) is 2.45. The van der Waals surface area contributed by atoms with Crippen molar-refractivity contribution in [1.29, 1.82) is 0 Å². The Morgan fingerprint density at radius 3 is 2.74 bits per heavy atom. The first-order valence-electron chi connectivity index (χ1n) is 7.07. The molecule has 2 rings (SSSR count). The van der Waals surface area contributed by atoms with Gasteiger partial charge in [-0.15, -0.1) is 28.9 Å². The maximum absolute atomic E-state index is 12.8. The summed E-state index contributed by atoms with van der Waals surface area (Å²) < 4.78 is 30.9. The Morgan fingerprint density at radius 2 is 2.17 bits per heavy atom. The van der Waals surface area contributed by atoms with Crippen molar-refractivity contribution in [2.75, 3.05) is 13.2 Å². The molecule has 0 saturated carbocycles. The monoisotopic (exact) mass is 417 g/mol. The number of nitrogens with zero attached hydrogens (tertiary/aromatic N) is 1. The zero-order valence-corrected chi connectivity index (χ0v) is 16.6. The molecule has 1 aromatic rings. The van der Waals surface area contributed by atoms with Crippen LogP contribution >= 0.6 is 11.6 Å². The number of carbonyl (C=O) groups excluding carboxylic acids is 1. The van der Waals surface area contributed by atoms with Gasteiger partial charge in [0.15, 0.2) is 0 Å². The van der Waals surface area contributed by atoms with Crippen LogP contribution in [-0.2, 0) is 37.5 Å². The molecule has 23 heavy (non-hydrogen) atoms. The summed E-state index contributed by atoms with van der Waals surface area (Å²) in [4.78, 5) is 13.3. The van der Waals surface area contributed by atoms with Crippen LogP contribution in [0.15, 0.2) is 18.2 Å². The van der Waals surface area contributed by atoms with Gasteiger partial charge < -0.3 is 9.64 Å². The Balaban J connectivity index is 0.00000264. The molecule has 0 N–H and O–H groups in total. The predicted octanol–water partition coefficient (Wildman–Crippen LogP) is 4.01. The van der Waals surface area contributed by atoms with Crippen molar-refractivity contribution in [2.45, 2.75) is 26.7 Å². The van der Waals surface area contributed by atoms with E-state index in [4.69, 9.17) is 16.3 Å². The number of rotatable bonds is 5. The first-order chi connectivity index (χ1) is 10.4. The van der Waals surface area contributed by atoms with Gasteiger partial charge in [0.2, 0.25) is 5.91 Å². The minimum absolute atomic E-state index is 0. The van der Waals surface area contributed by atoms with Crippen molar-refractivity contribution < 1.29 is 51.0 Å². The second-order valence-corrected chi connectivity index (χ2v) is 5.45. The van der Waals surface area contributed by atoms with E-state index in [0.29, 0.717) is 35.1 Å². The van der Waals surface area contributed by atoms with Crippen LogP contribution < -0.4 is 4.74 Å². The molecule has 7 heteroatoms. The third-order valence-corrected chi connectivity index (χ3v) is 3.67.